The van der Waals surface area contributed by atoms with Crippen molar-refractivity contribution in [1.29, 1.82) is 0 Å². The lowest BCUT2D eigenvalue weighted by Gasteiger charge is -2.31. The standard InChI is InChI=1S/C13H21NO4/c1-13(12(16)17)6-2-7-14(13)11(15)4-3-10-5-8-18-9-10/h10H,2-9H2,1H3,(H,16,17)/t10-,13+/m1/s1. The Morgan fingerprint density at radius 2 is 2.28 bits per heavy atom. The molecule has 0 aliphatic carbocycles. The Morgan fingerprint density at radius 3 is 2.89 bits per heavy atom. The van der Waals surface area contributed by atoms with Crippen molar-refractivity contribution < 1.29 is 19.4 Å². The second-order valence-corrected chi connectivity index (χ2v) is 5.50. The quantitative estimate of drug-likeness (QED) is 0.821. The lowest BCUT2D eigenvalue weighted by atomic mass is 9.97. The molecule has 2 rings (SSSR count). The number of amides is 1. The van der Waals surface area contributed by atoms with Crippen molar-refractivity contribution in [3.05, 3.63) is 0 Å². The highest BCUT2D eigenvalue weighted by Gasteiger charge is 2.45. The minimum Gasteiger partial charge on any atom is -0.480 e. The van der Waals surface area contributed by atoms with Crippen LogP contribution in [0.25, 0.3) is 0 Å². The van der Waals surface area contributed by atoms with Crippen LogP contribution in [-0.4, -0.2) is 47.2 Å². The SMILES string of the molecule is C[C@@]1(C(=O)O)CCCN1C(=O)CC[C@@H]1CCOC1. The van der Waals surface area contributed by atoms with Crippen molar-refractivity contribution in [2.75, 3.05) is 19.8 Å². The number of carbonyl (C=O) groups is 2. The van der Waals surface area contributed by atoms with Crippen molar-refractivity contribution in [2.24, 2.45) is 5.92 Å². The number of rotatable bonds is 4. The van der Waals surface area contributed by atoms with E-state index in [0.29, 0.717) is 25.3 Å². The van der Waals surface area contributed by atoms with Crippen LogP contribution in [0.15, 0.2) is 0 Å². The van der Waals surface area contributed by atoms with Crippen LogP contribution < -0.4 is 0 Å². The zero-order valence-corrected chi connectivity index (χ0v) is 10.9. The number of carbonyl (C=O) groups excluding carboxylic acids is 1. The highest BCUT2D eigenvalue weighted by molar-refractivity contribution is 5.87. The third-order valence-electron chi connectivity index (χ3n) is 4.19. The Balaban J connectivity index is 1.89. The molecule has 0 unspecified atom stereocenters. The Morgan fingerprint density at radius 1 is 1.50 bits per heavy atom. The zero-order chi connectivity index (χ0) is 13.2. The van der Waals surface area contributed by atoms with Gasteiger partial charge in [0.1, 0.15) is 5.54 Å². The number of hydrogen-bond acceptors (Lipinski definition) is 3. The van der Waals surface area contributed by atoms with Gasteiger partial charge in [0.15, 0.2) is 0 Å². The van der Waals surface area contributed by atoms with E-state index in [1.807, 2.05) is 0 Å². The molecular weight excluding hydrogens is 234 g/mol. The average Bonchev–Trinajstić information content (AvgIpc) is 2.95. The molecule has 0 aromatic carbocycles. The first-order valence-electron chi connectivity index (χ1n) is 6.65. The summed E-state index contributed by atoms with van der Waals surface area (Å²) in [5.74, 6) is -0.450. The third kappa shape index (κ3) is 2.51. The summed E-state index contributed by atoms with van der Waals surface area (Å²) in [6, 6.07) is 0. The molecule has 2 aliphatic heterocycles. The monoisotopic (exact) mass is 255 g/mol. The lowest BCUT2D eigenvalue weighted by Crippen LogP contribution is -2.50. The zero-order valence-electron chi connectivity index (χ0n) is 10.9. The van der Waals surface area contributed by atoms with Crippen LogP contribution in [0.5, 0.6) is 0 Å². The van der Waals surface area contributed by atoms with Gasteiger partial charge in [-0.15, -0.1) is 0 Å². The smallest absolute Gasteiger partial charge is 0.329 e. The van der Waals surface area contributed by atoms with E-state index in [1.54, 1.807) is 11.8 Å². The van der Waals surface area contributed by atoms with Gasteiger partial charge in [0.25, 0.3) is 0 Å². The maximum Gasteiger partial charge on any atom is 0.329 e. The molecule has 0 spiro atoms. The molecule has 18 heavy (non-hydrogen) atoms. The van der Waals surface area contributed by atoms with Crippen molar-refractivity contribution in [3.8, 4) is 0 Å². The molecule has 1 amide bonds. The molecule has 0 bridgehead atoms. The van der Waals surface area contributed by atoms with Crippen molar-refractivity contribution in [3.63, 3.8) is 0 Å². The van der Waals surface area contributed by atoms with Gasteiger partial charge in [-0.3, -0.25) is 4.79 Å². The maximum absolute atomic E-state index is 12.1. The molecule has 5 heteroatoms. The number of nitrogens with zero attached hydrogens (tertiary/aromatic N) is 1. The van der Waals surface area contributed by atoms with E-state index in [9.17, 15) is 14.7 Å². The van der Waals surface area contributed by atoms with Crippen molar-refractivity contribution in [2.45, 2.75) is 44.6 Å². The molecule has 1 N–H and O–H groups in total. The van der Waals surface area contributed by atoms with Gasteiger partial charge >= 0.3 is 5.97 Å². The van der Waals surface area contributed by atoms with Crippen LogP contribution >= 0.6 is 0 Å². The van der Waals surface area contributed by atoms with Gasteiger partial charge < -0.3 is 14.7 Å². The van der Waals surface area contributed by atoms with E-state index in [-0.39, 0.29) is 5.91 Å². The number of aliphatic carboxylic acids is 1. The van der Waals surface area contributed by atoms with E-state index < -0.39 is 11.5 Å². The van der Waals surface area contributed by atoms with Gasteiger partial charge in [0.05, 0.1) is 0 Å². The Bertz CT molecular complexity index is 338. The van der Waals surface area contributed by atoms with Crippen LogP contribution in [0.1, 0.15) is 39.0 Å². The fraction of sp³-hybridized carbons (Fsp3) is 0.846. The van der Waals surface area contributed by atoms with Crippen LogP contribution in [0.2, 0.25) is 0 Å². The Hall–Kier alpha value is -1.10. The molecule has 5 nitrogen and oxygen atoms in total. The van der Waals surface area contributed by atoms with E-state index >= 15 is 0 Å². The largest absolute Gasteiger partial charge is 0.480 e. The normalized spacial score (nSPS) is 31.8. The average molecular weight is 255 g/mol. The van der Waals surface area contributed by atoms with Gasteiger partial charge in [-0.2, -0.15) is 0 Å². The molecule has 2 fully saturated rings. The Kier molecular flexibility index (Phi) is 3.90. The summed E-state index contributed by atoms with van der Waals surface area (Å²) < 4.78 is 5.28. The van der Waals surface area contributed by atoms with Gasteiger partial charge in [-0.05, 0) is 38.5 Å². The third-order valence-corrected chi connectivity index (χ3v) is 4.19. The number of likely N-dealkylation sites (tertiary alicyclic amines) is 1. The lowest BCUT2D eigenvalue weighted by molar-refractivity contribution is -0.155. The molecule has 2 atom stereocenters. The predicted molar refractivity (Wildman–Crippen MR) is 65.1 cm³/mol. The highest BCUT2D eigenvalue weighted by atomic mass is 16.5. The van der Waals surface area contributed by atoms with Gasteiger partial charge in [0.2, 0.25) is 5.91 Å². The summed E-state index contributed by atoms with van der Waals surface area (Å²) in [4.78, 5) is 25.0. The summed E-state index contributed by atoms with van der Waals surface area (Å²) in [6.07, 6.45) is 3.60. The first-order chi connectivity index (χ1) is 8.54. The van der Waals surface area contributed by atoms with Gasteiger partial charge in [-0.25, -0.2) is 4.79 Å². The van der Waals surface area contributed by atoms with Gasteiger partial charge in [-0.1, -0.05) is 0 Å². The predicted octanol–water partition coefficient (Wildman–Crippen LogP) is 1.27. The molecule has 2 aliphatic rings. The van der Waals surface area contributed by atoms with E-state index in [1.165, 1.54) is 0 Å². The van der Waals surface area contributed by atoms with Crippen LogP contribution in [0.3, 0.4) is 0 Å². The Labute approximate surface area is 107 Å². The maximum atomic E-state index is 12.1. The van der Waals surface area contributed by atoms with Gasteiger partial charge in [0, 0.05) is 26.2 Å². The summed E-state index contributed by atoms with van der Waals surface area (Å²) in [6.45, 7) is 3.75. The highest BCUT2D eigenvalue weighted by Crippen LogP contribution is 2.30. The summed E-state index contributed by atoms with van der Waals surface area (Å²) >= 11 is 0. The molecule has 2 saturated heterocycles. The second kappa shape index (κ2) is 5.26. The first kappa shape index (κ1) is 13.3. The summed E-state index contributed by atoms with van der Waals surface area (Å²) in [7, 11) is 0. The van der Waals surface area contributed by atoms with Crippen LogP contribution in [0.4, 0.5) is 0 Å². The molecule has 0 aromatic rings. The van der Waals surface area contributed by atoms with E-state index in [2.05, 4.69) is 0 Å². The molecule has 0 aromatic heterocycles. The minimum absolute atomic E-state index is 0.0238. The van der Waals surface area contributed by atoms with Crippen molar-refractivity contribution in [1.82, 2.24) is 4.90 Å². The fourth-order valence-corrected chi connectivity index (χ4v) is 2.86. The number of hydrogen-bond donors (Lipinski definition) is 1. The number of carboxylic acids is 1. The topological polar surface area (TPSA) is 66.8 Å². The molecule has 102 valence electrons. The second-order valence-electron chi connectivity index (χ2n) is 5.50. The fourth-order valence-electron chi connectivity index (χ4n) is 2.86. The van der Waals surface area contributed by atoms with E-state index in [0.717, 1.165) is 32.5 Å². The first-order valence-corrected chi connectivity index (χ1v) is 6.65. The minimum atomic E-state index is -0.997. The summed E-state index contributed by atoms with van der Waals surface area (Å²) in [5.41, 5.74) is -0.997. The number of ether oxygens (including phenoxy) is 1. The van der Waals surface area contributed by atoms with E-state index in [4.69, 9.17) is 4.74 Å². The van der Waals surface area contributed by atoms with Crippen LogP contribution in [-0.2, 0) is 14.3 Å². The molecular formula is C13H21NO4. The molecule has 0 saturated carbocycles. The number of carboxylic acid groups (broad SMARTS) is 1. The van der Waals surface area contributed by atoms with Crippen molar-refractivity contribution >= 4 is 11.9 Å². The molecule has 2 heterocycles. The molecule has 0 radical (unpaired) electrons. The summed E-state index contributed by atoms with van der Waals surface area (Å²) in [5, 5.41) is 9.26. The van der Waals surface area contributed by atoms with Crippen LogP contribution in [0, 0.1) is 5.92 Å².